The average Bonchev–Trinajstić information content (AvgIpc) is 3.32. The molecule has 0 bridgehead atoms. The molecule has 0 unspecified atom stereocenters. The Morgan fingerprint density at radius 1 is 0.979 bits per heavy atom. The van der Waals surface area contributed by atoms with Gasteiger partial charge in [-0.25, -0.2) is 0 Å². The number of methoxy groups -OCH3 is 1. The number of hydrogen-bond acceptors (Lipinski definition) is 7. The predicted octanol–water partition coefficient (Wildman–Crippen LogP) is 7.17. The van der Waals surface area contributed by atoms with Crippen molar-refractivity contribution in [3.8, 4) is 0 Å². The van der Waals surface area contributed by atoms with Gasteiger partial charge in [0.05, 0.1) is 11.7 Å². The Morgan fingerprint density at radius 3 is 2.06 bits per heavy atom. The molecule has 2 aromatic rings. The van der Waals surface area contributed by atoms with E-state index in [-0.39, 0.29) is 48.5 Å². The lowest BCUT2D eigenvalue weighted by Crippen LogP contribution is -2.68. The van der Waals surface area contributed by atoms with E-state index in [1.165, 1.54) is 17.3 Å². The Morgan fingerprint density at radius 2 is 1.56 bits per heavy atom. The number of hydrogen-bond donors (Lipinski definition) is 0. The highest BCUT2D eigenvalue weighted by Crippen LogP contribution is 2.55. The van der Waals surface area contributed by atoms with Crippen molar-refractivity contribution in [3.63, 3.8) is 0 Å². The second-order valence-corrected chi connectivity index (χ2v) is 26.1. The zero-order valence-electron chi connectivity index (χ0n) is 31.0. The summed E-state index contributed by atoms with van der Waals surface area (Å²) in [6, 6.07) is 22.6. The van der Waals surface area contributed by atoms with Crippen LogP contribution in [-0.4, -0.2) is 73.6 Å². The third kappa shape index (κ3) is 8.60. The summed E-state index contributed by atoms with van der Waals surface area (Å²) >= 11 is 0. The Labute approximate surface area is 291 Å². The fourth-order valence-electron chi connectivity index (χ4n) is 7.96. The number of ether oxygens (including phenoxy) is 5. The zero-order chi connectivity index (χ0) is 35.3. The van der Waals surface area contributed by atoms with Gasteiger partial charge < -0.3 is 28.1 Å². The maximum absolute atomic E-state index is 12.7. The fourth-order valence-corrected chi connectivity index (χ4v) is 13.5. The highest BCUT2D eigenvalue weighted by Gasteiger charge is 2.61. The van der Waals surface area contributed by atoms with E-state index in [9.17, 15) is 4.79 Å². The lowest BCUT2D eigenvalue weighted by atomic mass is 9.76. The molecule has 0 N–H and O–H groups in total. The van der Waals surface area contributed by atoms with Gasteiger partial charge in [0.2, 0.25) is 0 Å². The van der Waals surface area contributed by atoms with E-state index in [0.717, 1.165) is 18.0 Å². The Hall–Kier alpha value is -2.12. The molecule has 0 spiro atoms. The van der Waals surface area contributed by atoms with Crippen LogP contribution in [0.3, 0.4) is 0 Å². The number of carbonyl (C=O) groups is 1. The van der Waals surface area contributed by atoms with Crippen molar-refractivity contribution in [2.24, 2.45) is 17.8 Å². The Balaban J connectivity index is 1.74. The van der Waals surface area contributed by atoms with E-state index < -0.39 is 34.2 Å². The maximum atomic E-state index is 12.7. The molecule has 0 heterocycles. The maximum Gasteiger partial charge on any atom is 0.303 e. The lowest BCUT2D eigenvalue weighted by Gasteiger charge is -2.45. The minimum Gasteiger partial charge on any atom is -0.458 e. The highest BCUT2D eigenvalue weighted by molar-refractivity contribution is 6.99. The van der Waals surface area contributed by atoms with Crippen LogP contribution in [0.5, 0.6) is 0 Å². The molecule has 2 fully saturated rings. The third-order valence-corrected chi connectivity index (χ3v) is 17.3. The molecule has 2 aromatic carbocycles. The van der Waals surface area contributed by atoms with E-state index in [4.69, 9.17) is 28.1 Å². The molecule has 0 aliphatic heterocycles. The molecule has 0 radical (unpaired) electrons. The van der Waals surface area contributed by atoms with Crippen LogP contribution in [-0.2, 0) is 32.9 Å². The summed E-state index contributed by atoms with van der Waals surface area (Å²) in [6.07, 6.45) is 0.169. The number of benzene rings is 2. The topological polar surface area (TPSA) is 72.5 Å². The summed E-state index contributed by atoms with van der Waals surface area (Å²) in [6.45, 7) is 25.2. The van der Waals surface area contributed by atoms with Gasteiger partial charge >= 0.3 is 5.97 Å². The molecule has 2 aliphatic rings. The highest BCUT2D eigenvalue weighted by atomic mass is 28.4. The second kappa shape index (κ2) is 15.8. The van der Waals surface area contributed by atoms with E-state index in [1.54, 1.807) is 7.11 Å². The van der Waals surface area contributed by atoms with Crippen LogP contribution in [0.15, 0.2) is 72.8 Å². The quantitative estimate of drug-likeness (QED) is 0.0682. The molecule has 9 heteroatoms. The van der Waals surface area contributed by atoms with Gasteiger partial charge in [0.15, 0.2) is 0 Å². The summed E-state index contributed by atoms with van der Waals surface area (Å²) < 4.78 is 38.4. The number of carbonyl (C=O) groups excluding carboxylic acids is 1. The first-order valence-corrected chi connectivity index (χ1v) is 23.1. The molecule has 4 rings (SSSR count). The van der Waals surface area contributed by atoms with E-state index >= 15 is 0 Å². The van der Waals surface area contributed by atoms with Crippen LogP contribution in [0.1, 0.15) is 54.4 Å². The molecule has 7 nitrogen and oxygen atoms in total. The molecule has 0 amide bonds. The first kappa shape index (κ1) is 38.7. The number of fused-ring (bicyclic) bond motifs is 1. The minimum absolute atomic E-state index is 0.0200. The molecular formula is C39H60O7Si2. The first-order valence-electron chi connectivity index (χ1n) is 17.5. The largest absolute Gasteiger partial charge is 0.458 e. The van der Waals surface area contributed by atoms with Gasteiger partial charge in [-0.1, -0.05) is 115 Å². The monoisotopic (exact) mass is 696 g/mol. The molecule has 48 heavy (non-hydrogen) atoms. The van der Waals surface area contributed by atoms with Crippen molar-refractivity contribution < 1.29 is 32.9 Å². The van der Waals surface area contributed by atoms with Crippen molar-refractivity contribution in [3.05, 3.63) is 72.8 Å². The van der Waals surface area contributed by atoms with Crippen molar-refractivity contribution in [2.75, 3.05) is 27.3 Å². The average molecular weight is 697 g/mol. The van der Waals surface area contributed by atoms with Crippen LogP contribution in [0.2, 0.25) is 30.7 Å². The number of esters is 1. The molecule has 2 aliphatic carbocycles. The van der Waals surface area contributed by atoms with Gasteiger partial charge in [-0.05, 0) is 52.2 Å². The number of rotatable bonds is 14. The van der Waals surface area contributed by atoms with Crippen LogP contribution in [0.25, 0.3) is 0 Å². The normalized spacial score (nSPS) is 28.2. The van der Waals surface area contributed by atoms with Gasteiger partial charge in [0.1, 0.15) is 19.7 Å². The molecule has 2 saturated carbocycles. The Bertz CT molecular complexity index is 1300. The van der Waals surface area contributed by atoms with Crippen LogP contribution in [0.4, 0.5) is 0 Å². The smallest absolute Gasteiger partial charge is 0.303 e. The summed E-state index contributed by atoms with van der Waals surface area (Å²) in [5.74, 6) is -0.439. The molecule has 7 atom stereocenters. The summed E-state index contributed by atoms with van der Waals surface area (Å²) in [5.41, 5.74) is 0.0796. The summed E-state index contributed by atoms with van der Waals surface area (Å²) in [7, 11) is -2.46. The summed E-state index contributed by atoms with van der Waals surface area (Å²) in [5, 5.41) is 2.30. The van der Waals surface area contributed by atoms with Crippen molar-refractivity contribution in [1.29, 1.82) is 0 Å². The van der Waals surface area contributed by atoms with Gasteiger partial charge in [0.25, 0.3) is 8.32 Å². The molecule has 0 aromatic heterocycles. The van der Waals surface area contributed by atoms with E-state index in [0.29, 0.717) is 13.0 Å². The SMILES string of the molecule is C=C1[C@@H](OCOCC[Si](C)(C)C)C[C@](C)(OCOC)[C@H]2C[C@H](O[Si](c3ccccc3)(c3ccccc3)C(C)(C)C)[C@H](C)[C@H]2[C@@H]1OC(C)=O. The van der Waals surface area contributed by atoms with Crippen molar-refractivity contribution in [2.45, 2.75) is 109 Å². The van der Waals surface area contributed by atoms with Crippen LogP contribution >= 0.6 is 0 Å². The van der Waals surface area contributed by atoms with Crippen molar-refractivity contribution >= 4 is 32.7 Å². The zero-order valence-corrected chi connectivity index (χ0v) is 33.0. The van der Waals surface area contributed by atoms with Gasteiger partial charge in [-0.15, -0.1) is 0 Å². The van der Waals surface area contributed by atoms with Gasteiger partial charge in [-0.2, -0.15) is 0 Å². The van der Waals surface area contributed by atoms with Crippen LogP contribution in [0, 0.1) is 17.8 Å². The fraction of sp³-hybridized carbons (Fsp3) is 0.615. The van der Waals surface area contributed by atoms with E-state index in [2.05, 4.69) is 122 Å². The van der Waals surface area contributed by atoms with Crippen LogP contribution < -0.4 is 10.4 Å². The van der Waals surface area contributed by atoms with E-state index in [1.807, 2.05) is 0 Å². The predicted molar refractivity (Wildman–Crippen MR) is 198 cm³/mol. The molecule has 266 valence electrons. The standard InChI is InChI=1S/C39H60O7Si2/c1-28-34(46-48(38(4,5)6,31-18-14-12-15-19-31)32-20-16-13-17-21-32)24-33-36(28)37(45-30(3)40)29(2)35(25-39(33,7)44-26-41-8)43-27-42-22-23-47(9,10)11/h12-21,28,33-37H,2,22-27H2,1,3-11H3/t28-,33-,34-,35-,36+,37+,39-/m0/s1. The van der Waals surface area contributed by atoms with Crippen molar-refractivity contribution in [1.82, 2.24) is 0 Å². The summed E-state index contributed by atoms with van der Waals surface area (Å²) in [4.78, 5) is 12.7. The van der Waals surface area contributed by atoms with Gasteiger partial charge in [-0.3, -0.25) is 4.79 Å². The second-order valence-electron chi connectivity index (χ2n) is 16.3. The minimum atomic E-state index is -2.86. The Kier molecular flexibility index (Phi) is 12.8. The van der Waals surface area contributed by atoms with Gasteiger partial charge in [0, 0.05) is 47.2 Å². The first-order chi connectivity index (χ1) is 22.5. The molecular weight excluding hydrogens is 637 g/mol. The third-order valence-electron chi connectivity index (χ3n) is 10.5. The molecule has 0 saturated heterocycles. The lowest BCUT2D eigenvalue weighted by molar-refractivity contribution is -0.175.